The average Bonchev–Trinajstić information content (AvgIpc) is 3.06. The van der Waals surface area contributed by atoms with Gasteiger partial charge in [0.15, 0.2) is 0 Å². The minimum atomic E-state index is -0.00292. The molecule has 94 valence electrons. The molecule has 2 aliphatic carbocycles. The Balaban J connectivity index is 0.00000128. The van der Waals surface area contributed by atoms with Gasteiger partial charge in [0.1, 0.15) is 0 Å². The molecule has 1 amide bonds. The lowest BCUT2D eigenvalue weighted by Gasteiger charge is -2.20. The highest BCUT2D eigenvalue weighted by Crippen LogP contribution is 2.50. The van der Waals surface area contributed by atoms with Crippen LogP contribution in [0.5, 0.6) is 0 Å². The van der Waals surface area contributed by atoms with Crippen LogP contribution in [0.15, 0.2) is 0 Å². The zero-order valence-electron chi connectivity index (χ0n) is 10.00. The SMILES string of the molecule is CCCC1(C(=O)NC(CN)C2CC2)CC1.Cl. The van der Waals surface area contributed by atoms with Crippen molar-refractivity contribution in [3.8, 4) is 0 Å². The Hall–Kier alpha value is -0.280. The quantitative estimate of drug-likeness (QED) is 0.752. The molecule has 2 saturated carbocycles. The number of hydrogen-bond donors (Lipinski definition) is 2. The zero-order valence-corrected chi connectivity index (χ0v) is 10.8. The lowest BCUT2D eigenvalue weighted by molar-refractivity contribution is -0.127. The lowest BCUT2D eigenvalue weighted by atomic mass is 9.99. The molecule has 16 heavy (non-hydrogen) atoms. The number of amides is 1. The van der Waals surface area contributed by atoms with Crippen molar-refractivity contribution in [2.45, 2.75) is 51.5 Å². The highest BCUT2D eigenvalue weighted by atomic mass is 35.5. The molecule has 0 aromatic heterocycles. The molecule has 0 aromatic rings. The fourth-order valence-corrected chi connectivity index (χ4v) is 2.41. The van der Waals surface area contributed by atoms with Gasteiger partial charge in [-0.1, -0.05) is 13.3 Å². The Kier molecular flexibility index (Phi) is 4.62. The number of carbonyl (C=O) groups is 1. The number of halogens is 1. The summed E-state index contributed by atoms with van der Waals surface area (Å²) in [6, 6.07) is 0.242. The van der Waals surface area contributed by atoms with E-state index in [-0.39, 0.29) is 29.8 Å². The van der Waals surface area contributed by atoms with E-state index >= 15 is 0 Å². The summed E-state index contributed by atoms with van der Waals surface area (Å²) < 4.78 is 0. The van der Waals surface area contributed by atoms with Crippen LogP contribution in [0, 0.1) is 11.3 Å². The summed E-state index contributed by atoms with van der Waals surface area (Å²) in [6.07, 6.45) is 6.78. The first-order valence-electron chi connectivity index (χ1n) is 6.23. The third-order valence-electron chi connectivity index (χ3n) is 3.83. The zero-order chi connectivity index (χ0) is 10.9. The molecule has 0 radical (unpaired) electrons. The predicted molar refractivity (Wildman–Crippen MR) is 67.5 cm³/mol. The number of nitrogens with one attached hydrogen (secondary N) is 1. The van der Waals surface area contributed by atoms with Crippen LogP contribution in [-0.4, -0.2) is 18.5 Å². The molecule has 2 rings (SSSR count). The summed E-state index contributed by atoms with van der Waals surface area (Å²) >= 11 is 0. The van der Waals surface area contributed by atoms with Crippen LogP contribution in [-0.2, 0) is 4.79 Å². The normalized spacial score (nSPS) is 23.1. The van der Waals surface area contributed by atoms with Gasteiger partial charge in [-0.2, -0.15) is 0 Å². The Morgan fingerprint density at radius 3 is 2.50 bits per heavy atom. The maximum absolute atomic E-state index is 12.1. The molecule has 0 spiro atoms. The second-order valence-electron chi connectivity index (χ2n) is 5.18. The Morgan fingerprint density at radius 1 is 1.50 bits per heavy atom. The minimum absolute atomic E-state index is 0. The molecule has 3 N–H and O–H groups in total. The summed E-state index contributed by atoms with van der Waals surface area (Å²) in [5.41, 5.74) is 5.68. The number of hydrogen-bond acceptors (Lipinski definition) is 2. The molecule has 0 aromatic carbocycles. The fourth-order valence-electron chi connectivity index (χ4n) is 2.41. The average molecular weight is 247 g/mol. The number of rotatable bonds is 6. The summed E-state index contributed by atoms with van der Waals surface area (Å²) in [5.74, 6) is 0.933. The topological polar surface area (TPSA) is 55.1 Å². The molecule has 0 heterocycles. The Morgan fingerprint density at radius 2 is 2.12 bits per heavy atom. The summed E-state index contributed by atoms with van der Waals surface area (Å²) in [5, 5.41) is 3.15. The van der Waals surface area contributed by atoms with Gasteiger partial charge in [0, 0.05) is 18.0 Å². The molecule has 2 aliphatic rings. The van der Waals surface area contributed by atoms with E-state index in [2.05, 4.69) is 12.2 Å². The number of carbonyl (C=O) groups excluding carboxylic acids is 1. The van der Waals surface area contributed by atoms with E-state index in [1.807, 2.05) is 0 Å². The van der Waals surface area contributed by atoms with Crippen LogP contribution in [0.1, 0.15) is 45.4 Å². The number of nitrogens with two attached hydrogens (primary N) is 1. The molecule has 0 saturated heterocycles. The summed E-state index contributed by atoms with van der Waals surface area (Å²) in [6.45, 7) is 2.74. The van der Waals surface area contributed by atoms with Crippen LogP contribution >= 0.6 is 12.4 Å². The van der Waals surface area contributed by atoms with E-state index in [1.165, 1.54) is 12.8 Å². The molecule has 2 fully saturated rings. The largest absolute Gasteiger partial charge is 0.351 e. The first-order valence-corrected chi connectivity index (χ1v) is 6.23. The molecule has 0 aliphatic heterocycles. The first-order chi connectivity index (χ1) is 7.22. The van der Waals surface area contributed by atoms with Crippen molar-refractivity contribution >= 4 is 18.3 Å². The minimum Gasteiger partial charge on any atom is -0.351 e. The van der Waals surface area contributed by atoms with Gasteiger partial charge in [0.25, 0.3) is 0 Å². The molecular formula is C12H23ClN2O. The molecular weight excluding hydrogens is 224 g/mol. The van der Waals surface area contributed by atoms with E-state index in [4.69, 9.17) is 5.73 Å². The van der Waals surface area contributed by atoms with Crippen LogP contribution in [0.3, 0.4) is 0 Å². The van der Waals surface area contributed by atoms with Crippen LogP contribution < -0.4 is 11.1 Å². The second kappa shape index (κ2) is 5.37. The summed E-state index contributed by atoms with van der Waals surface area (Å²) in [4.78, 5) is 12.1. The van der Waals surface area contributed by atoms with Crippen molar-refractivity contribution in [1.29, 1.82) is 0 Å². The van der Waals surface area contributed by atoms with Crippen LogP contribution in [0.2, 0.25) is 0 Å². The maximum atomic E-state index is 12.1. The van der Waals surface area contributed by atoms with Crippen LogP contribution in [0.25, 0.3) is 0 Å². The van der Waals surface area contributed by atoms with Crippen molar-refractivity contribution in [3.05, 3.63) is 0 Å². The monoisotopic (exact) mass is 246 g/mol. The lowest BCUT2D eigenvalue weighted by Crippen LogP contribution is -2.45. The third kappa shape index (κ3) is 2.89. The molecule has 1 atom stereocenters. The van der Waals surface area contributed by atoms with Crippen molar-refractivity contribution in [2.24, 2.45) is 17.1 Å². The smallest absolute Gasteiger partial charge is 0.226 e. The first kappa shape index (κ1) is 13.8. The van der Waals surface area contributed by atoms with Crippen molar-refractivity contribution in [2.75, 3.05) is 6.54 Å². The van der Waals surface area contributed by atoms with E-state index in [0.29, 0.717) is 12.5 Å². The Labute approximate surface area is 104 Å². The third-order valence-corrected chi connectivity index (χ3v) is 3.83. The Bertz CT molecular complexity index is 249. The van der Waals surface area contributed by atoms with E-state index in [9.17, 15) is 4.79 Å². The van der Waals surface area contributed by atoms with Gasteiger partial charge in [-0.3, -0.25) is 4.79 Å². The van der Waals surface area contributed by atoms with Gasteiger partial charge in [0.2, 0.25) is 5.91 Å². The van der Waals surface area contributed by atoms with E-state index in [1.54, 1.807) is 0 Å². The molecule has 4 heteroatoms. The van der Waals surface area contributed by atoms with E-state index in [0.717, 1.165) is 25.7 Å². The van der Waals surface area contributed by atoms with Gasteiger partial charge in [0.05, 0.1) is 0 Å². The maximum Gasteiger partial charge on any atom is 0.226 e. The highest BCUT2D eigenvalue weighted by molar-refractivity contribution is 5.85. The van der Waals surface area contributed by atoms with Crippen molar-refractivity contribution < 1.29 is 4.79 Å². The summed E-state index contributed by atoms with van der Waals surface area (Å²) in [7, 11) is 0. The van der Waals surface area contributed by atoms with E-state index < -0.39 is 0 Å². The van der Waals surface area contributed by atoms with Gasteiger partial charge in [-0.15, -0.1) is 12.4 Å². The van der Waals surface area contributed by atoms with Crippen molar-refractivity contribution in [1.82, 2.24) is 5.32 Å². The van der Waals surface area contributed by atoms with Gasteiger partial charge in [-0.05, 0) is 38.0 Å². The second-order valence-corrected chi connectivity index (χ2v) is 5.18. The van der Waals surface area contributed by atoms with Gasteiger partial charge in [-0.25, -0.2) is 0 Å². The standard InChI is InChI=1S/C12H22N2O.ClH/c1-2-5-12(6-7-12)11(15)14-10(8-13)9-3-4-9;/h9-10H,2-8,13H2,1H3,(H,14,15);1H. The highest BCUT2D eigenvalue weighted by Gasteiger charge is 2.49. The van der Waals surface area contributed by atoms with Gasteiger partial charge < -0.3 is 11.1 Å². The van der Waals surface area contributed by atoms with Crippen LogP contribution in [0.4, 0.5) is 0 Å². The molecule has 0 bridgehead atoms. The predicted octanol–water partition coefficient (Wildman–Crippen LogP) is 1.84. The van der Waals surface area contributed by atoms with Crippen molar-refractivity contribution in [3.63, 3.8) is 0 Å². The van der Waals surface area contributed by atoms with Gasteiger partial charge >= 0.3 is 0 Å². The fraction of sp³-hybridized carbons (Fsp3) is 0.917. The molecule has 3 nitrogen and oxygen atoms in total. The molecule has 1 unspecified atom stereocenters.